The first-order chi connectivity index (χ1) is 6.28. The van der Waals surface area contributed by atoms with Gasteiger partial charge >= 0.3 is 0 Å². The predicted molar refractivity (Wildman–Crippen MR) is 68.3 cm³/mol. The Hall–Kier alpha value is -0.120. The summed E-state index contributed by atoms with van der Waals surface area (Å²) >= 11 is 0. The van der Waals surface area contributed by atoms with Crippen molar-refractivity contribution >= 4 is 0 Å². The van der Waals surface area contributed by atoms with Crippen LogP contribution < -0.4 is 0 Å². The number of rotatable bonds is 3. The van der Waals surface area contributed by atoms with E-state index in [0.29, 0.717) is 0 Å². The molecule has 1 rings (SSSR count). The van der Waals surface area contributed by atoms with E-state index in [1.807, 2.05) is 0 Å². The Bertz CT molecular complexity index is 97.8. The summed E-state index contributed by atoms with van der Waals surface area (Å²) in [5.74, 6) is 1.00. The lowest BCUT2D eigenvalue weighted by Crippen LogP contribution is -2.19. The van der Waals surface area contributed by atoms with Crippen molar-refractivity contribution in [2.45, 2.75) is 53.4 Å². The average molecular weight is 221 g/mol. The van der Waals surface area contributed by atoms with Crippen LogP contribution in [0.25, 0.3) is 0 Å². The molecule has 1 unspecified atom stereocenters. The molecule has 3 heteroatoms. The zero-order chi connectivity index (χ0) is 10.1. The number of likely N-dealkylation sites (tertiary alicyclic amines) is 1. The highest BCUT2D eigenvalue weighted by molar-refractivity contribution is 4.72. The molecular weight excluding hydrogens is 190 g/mol. The minimum Gasteiger partial charge on any atom is -0.412 e. The van der Waals surface area contributed by atoms with Gasteiger partial charge in [-0.25, -0.2) is 0 Å². The van der Waals surface area contributed by atoms with Gasteiger partial charge in [-0.2, -0.15) is 0 Å². The normalized spacial score (nSPS) is 19.6. The molecule has 0 aromatic heterocycles. The van der Waals surface area contributed by atoms with Crippen LogP contribution >= 0.6 is 0 Å². The molecule has 1 atom stereocenters. The van der Waals surface area contributed by atoms with Crippen molar-refractivity contribution in [3.05, 3.63) is 0 Å². The molecule has 1 aliphatic heterocycles. The molecule has 0 aliphatic carbocycles. The van der Waals surface area contributed by atoms with Crippen LogP contribution in [0.2, 0.25) is 0 Å². The van der Waals surface area contributed by atoms with Crippen molar-refractivity contribution in [2.24, 2.45) is 5.92 Å². The molecule has 0 amide bonds. The third-order valence-electron chi connectivity index (χ3n) is 2.89. The van der Waals surface area contributed by atoms with E-state index >= 15 is 0 Å². The third-order valence-corrected chi connectivity index (χ3v) is 2.89. The van der Waals surface area contributed by atoms with E-state index in [-0.39, 0.29) is 11.0 Å². The van der Waals surface area contributed by atoms with E-state index in [4.69, 9.17) is 0 Å². The topological polar surface area (TPSA) is 66.2 Å². The van der Waals surface area contributed by atoms with E-state index in [1.165, 1.54) is 45.3 Å². The van der Waals surface area contributed by atoms with Crippen LogP contribution in [0.15, 0.2) is 0 Å². The predicted octanol–water partition coefficient (Wildman–Crippen LogP) is 1.90. The van der Waals surface area contributed by atoms with Gasteiger partial charge < -0.3 is 15.9 Å². The van der Waals surface area contributed by atoms with E-state index in [2.05, 4.69) is 32.6 Å². The second-order valence-electron chi connectivity index (χ2n) is 3.96. The minimum atomic E-state index is 0. The summed E-state index contributed by atoms with van der Waals surface area (Å²) in [4.78, 5) is 2.54. The highest BCUT2D eigenvalue weighted by Gasteiger charge is 2.18. The average Bonchev–Trinajstić information content (AvgIpc) is 2.66. The van der Waals surface area contributed by atoms with Crippen LogP contribution in [0.1, 0.15) is 53.4 Å². The summed E-state index contributed by atoms with van der Waals surface area (Å²) in [6, 6.07) is 0. The Morgan fingerprint density at radius 2 is 1.53 bits per heavy atom. The highest BCUT2D eigenvalue weighted by atomic mass is 16.0. The van der Waals surface area contributed by atoms with Crippen LogP contribution in [0.4, 0.5) is 0 Å². The molecule has 96 valence electrons. The van der Waals surface area contributed by atoms with Crippen molar-refractivity contribution in [3.63, 3.8) is 0 Å². The lowest BCUT2D eigenvalue weighted by Gasteiger charge is -2.11. The van der Waals surface area contributed by atoms with Gasteiger partial charge in [0, 0.05) is 6.54 Å². The van der Waals surface area contributed by atoms with Crippen molar-refractivity contribution in [1.29, 1.82) is 0 Å². The Kier molecular flexibility index (Phi) is 18.8. The fraction of sp³-hybridized carbons (Fsp3) is 1.00. The molecule has 0 saturated carbocycles. The second-order valence-corrected chi connectivity index (χ2v) is 3.96. The second kappa shape index (κ2) is 13.9. The molecule has 1 fully saturated rings. The monoisotopic (exact) mass is 221 g/mol. The van der Waals surface area contributed by atoms with E-state index in [0.717, 1.165) is 5.92 Å². The van der Waals surface area contributed by atoms with Crippen LogP contribution in [0, 0.1) is 5.92 Å². The van der Waals surface area contributed by atoms with Crippen LogP contribution in [-0.2, 0) is 0 Å². The summed E-state index contributed by atoms with van der Waals surface area (Å²) in [6.07, 6.45) is 5.45. The molecular formula is C12H31NO2. The summed E-state index contributed by atoms with van der Waals surface area (Å²) in [6.45, 7) is 12.8. The molecule has 0 aromatic carbocycles. The van der Waals surface area contributed by atoms with E-state index in [1.54, 1.807) is 0 Å². The maximum Gasteiger partial charge on any atom is 0.000992 e. The fourth-order valence-electron chi connectivity index (χ4n) is 1.53. The first-order valence-electron chi connectivity index (χ1n) is 6.00. The van der Waals surface area contributed by atoms with Crippen molar-refractivity contribution < 1.29 is 11.0 Å². The maximum atomic E-state index is 2.54. The largest absolute Gasteiger partial charge is 0.412 e. The standard InChI is InChI=1S/C8H17N.C4H10.2H2O/c1-3-8-5-6-9(4-2)7-8;1-3-4-2;;/h8H,3-7H2,1-2H3;3-4H2,1-2H3;2*1H2. The number of hydrogen-bond donors (Lipinski definition) is 0. The van der Waals surface area contributed by atoms with E-state index in [9.17, 15) is 0 Å². The smallest absolute Gasteiger partial charge is 0.000992 e. The lowest BCUT2D eigenvalue weighted by molar-refractivity contribution is 0.340. The number of nitrogens with zero attached hydrogens (tertiary/aromatic N) is 1. The van der Waals surface area contributed by atoms with Crippen LogP contribution in [0.3, 0.4) is 0 Å². The summed E-state index contributed by atoms with van der Waals surface area (Å²) < 4.78 is 0. The minimum absolute atomic E-state index is 0. The van der Waals surface area contributed by atoms with Gasteiger partial charge in [0.2, 0.25) is 0 Å². The van der Waals surface area contributed by atoms with Gasteiger partial charge in [0.25, 0.3) is 0 Å². The van der Waals surface area contributed by atoms with Crippen molar-refractivity contribution in [1.82, 2.24) is 4.90 Å². The van der Waals surface area contributed by atoms with Crippen molar-refractivity contribution in [2.75, 3.05) is 19.6 Å². The zero-order valence-electron chi connectivity index (χ0n) is 11.0. The molecule has 0 radical (unpaired) electrons. The van der Waals surface area contributed by atoms with Gasteiger partial charge in [-0.1, -0.05) is 47.0 Å². The summed E-state index contributed by atoms with van der Waals surface area (Å²) in [5.41, 5.74) is 0. The molecule has 15 heavy (non-hydrogen) atoms. The first-order valence-corrected chi connectivity index (χ1v) is 6.00. The summed E-state index contributed by atoms with van der Waals surface area (Å²) in [7, 11) is 0. The Morgan fingerprint density at radius 1 is 1.00 bits per heavy atom. The van der Waals surface area contributed by atoms with Gasteiger partial charge in [0.15, 0.2) is 0 Å². The Morgan fingerprint density at radius 3 is 1.73 bits per heavy atom. The molecule has 1 heterocycles. The Labute approximate surface area is 95.5 Å². The molecule has 0 aromatic rings. The fourth-order valence-corrected chi connectivity index (χ4v) is 1.53. The SMILES string of the molecule is CCC1CCN(CC)C1.CCCC.O.O. The van der Waals surface area contributed by atoms with Gasteiger partial charge in [-0.15, -0.1) is 0 Å². The molecule has 0 spiro atoms. The number of unbranched alkanes of at least 4 members (excludes halogenated alkanes) is 1. The molecule has 1 aliphatic rings. The van der Waals surface area contributed by atoms with Gasteiger partial charge in [-0.3, -0.25) is 0 Å². The van der Waals surface area contributed by atoms with Gasteiger partial charge in [0.1, 0.15) is 0 Å². The molecule has 0 bridgehead atoms. The molecule has 3 nitrogen and oxygen atoms in total. The number of hydrogen-bond acceptors (Lipinski definition) is 1. The Balaban J connectivity index is -0.000000213. The van der Waals surface area contributed by atoms with Gasteiger partial charge in [-0.05, 0) is 25.4 Å². The van der Waals surface area contributed by atoms with E-state index < -0.39 is 0 Å². The van der Waals surface area contributed by atoms with Gasteiger partial charge in [0.05, 0.1) is 0 Å². The molecule has 1 saturated heterocycles. The third kappa shape index (κ3) is 10.2. The maximum absolute atomic E-state index is 2.54. The van der Waals surface area contributed by atoms with Crippen LogP contribution in [-0.4, -0.2) is 35.5 Å². The lowest BCUT2D eigenvalue weighted by atomic mass is 10.1. The zero-order valence-corrected chi connectivity index (χ0v) is 11.0. The quantitative estimate of drug-likeness (QED) is 0.717. The highest BCUT2D eigenvalue weighted by Crippen LogP contribution is 2.17. The summed E-state index contributed by atoms with van der Waals surface area (Å²) in [5, 5.41) is 0. The first kappa shape index (κ1) is 20.3. The molecule has 4 N–H and O–H groups in total. The van der Waals surface area contributed by atoms with Crippen molar-refractivity contribution in [3.8, 4) is 0 Å². The van der Waals surface area contributed by atoms with Crippen LogP contribution in [0.5, 0.6) is 0 Å².